The molecular formula is C14H27NO7. The summed E-state index contributed by atoms with van der Waals surface area (Å²) in [6.07, 6.45) is -6.10. The lowest BCUT2D eigenvalue weighted by molar-refractivity contribution is -0.300. The van der Waals surface area contributed by atoms with Crippen LogP contribution in [0.5, 0.6) is 0 Å². The normalized spacial score (nSPS) is 32.8. The van der Waals surface area contributed by atoms with Crippen molar-refractivity contribution in [1.82, 2.24) is 5.32 Å². The van der Waals surface area contributed by atoms with Gasteiger partial charge in [0.15, 0.2) is 6.29 Å². The zero-order chi connectivity index (χ0) is 16.9. The quantitative estimate of drug-likeness (QED) is 0.371. The summed E-state index contributed by atoms with van der Waals surface area (Å²) in [5, 5.41) is 40.7. The van der Waals surface area contributed by atoms with Crippen LogP contribution in [0.25, 0.3) is 0 Å². The van der Waals surface area contributed by atoms with Crippen LogP contribution in [0.4, 0.5) is 0 Å². The van der Waals surface area contributed by atoms with Crippen LogP contribution >= 0.6 is 0 Å². The highest BCUT2D eigenvalue weighted by Gasteiger charge is 2.43. The number of carbonyl (C=O) groups excluding carboxylic acids is 1. The Hall–Kier alpha value is -0.770. The number of carbonyl (C=O) groups is 1. The molecule has 0 aliphatic carbocycles. The maximum atomic E-state index is 11.6. The maximum Gasteiger partial charge on any atom is 0.220 e. The zero-order valence-electron chi connectivity index (χ0n) is 13.2. The van der Waals surface area contributed by atoms with Crippen molar-refractivity contribution in [3.8, 4) is 0 Å². The van der Waals surface area contributed by atoms with Gasteiger partial charge in [-0.25, -0.2) is 0 Å². The molecule has 0 aromatic rings. The van der Waals surface area contributed by atoms with E-state index in [4.69, 9.17) is 14.6 Å². The second kappa shape index (κ2) is 8.19. The van der Waals surface area contributed by atoms with Gasteiger partial charge < -0.3 is 35.2 Å². The fourth-order valence-electron chi connectivity index (χ4n) is 2.11. The van der Waals surface area contributed by atoms with Gasteiger partial charge in [0.2, 0.25) is 5.91 Å². The van der Waals surface area contributed by atoms with Gasteiger partial charge in [-0.05, 0) is 5.41 Å². The van der Waals surface area contributed by atoms with Gasteiger partial charge in [0.1, 0.15) is 24.4 Å². The molecule has 1 amide bonds. The van der Waals surface area contributed by atoms with Crippen molar-refractivity contribution < 1.29 is 34.7 Å². The highest BCUT2D eigenvalue weighted by Crippen LogP contribution is 2.21. The van der Waals surface area contributed by atoms with Crippen LogP contribution in [0.15, 0.2) is 0 Å². The number of aliphatic hydroxyl groups excluding tert-OH is 4. The molecule has 0 aromatic heterocycles. The number of hydrogen-bond donors (Lipinski definition) is 5. The summed E-state index contributed by atoms with van der Waals surface area (Å²) in [6, 6.07) is 0. The van der Waals surface area contributed by atoms with Crippen LogP contribution < -0.4 is 5.32 Å². The average molecular weight is 321 g/mol. The zero-order valence-corrected chi connectivity index (χ0v) is 13.2. The fraction of sp³-hybridized carbons (Fsp3) is 0.929. The first-order chi connectivity index (χ1) is 10.2. The third-order valence-corrected chi connectivity index (χ3v) is 3.25. The Labute approximate surface area is 130 Å². The molecule has 1 rings (SSSR count). The third-order valence-electron chi connectivity index (χ3n) is 3.25. The van der Waals surface area contributed by atoms with Crippen molar-refractivity contribution in [3.63, 3.8) is 0 Å². The topological polar surface area (TPSA) is 128 Å². The van der Waals surface area contributed by atoms with E-state index in [1.807, 2.05) is 20.8 Å². The molecule has 5 atom stereocenters. The van der Waals surface area contributed by atoms with E-state index < -0.39 is 37.3 Å². The van der Waals surface area contributed by atoms with E-state index in [1.165, 1.54) is 0 Å². The molecule has 8 heteroatoms. The minimum Gasteiger partial charge on any atom is -0.394 e. The molecule has 1 saturated heterocycles. The lowest BCUT2D eigenvalue weighted by Gasteiger charge is -2.39. The van der Waals surface area contributed by atoms with Gasteiger partial charge in [-0.2, -0.15) is 0 Å². The summed E-state index contributed by atoms with van der Waals surface area (Å²) in [7, 11) is 0. The molecule has 5 N–H and O–H groups in total. The van der Waals surface area contributed by atoms with Crippen molar-refractivity contribution in [2.75, 3.05) is 19.8 Å². The first-order valence-corrected chi connectivity index (χ1v) is 7.34. The molecular weight excluding hydrogens is 294 g/mol. The molecule has 1 aliphatic rings. The first-order valence-electron chi connectivity index (χ1n) is 7.34. The second-order valence-electron chi connectivity index (χ2n) is 6.66. The lowest BCUT2D eigenvalue weighted by atomic mass is 9.92. The largest absolute Gasteiger partial charge is 0.394 e. The van der Waals surface area contributed by atoms with Gasteiger partial charge in [0.25, 0.3) is 0 Å². The standard InChI is InChI=1S/C14H27NO7/c1-14(2,3)6-9(17)15-4-5-21-13-12(20)11(19)10(18)8(7-16)22-13/h8,10-13,16,18-20H,4-7H2,1-3H3,(H,15,17)/t8?,10-,11?,12+,13?/m1/s1. The van der Waals surface area contributed by atoms with Gasteiger partial charge in [-0.1, -0.05) is 20.8 Å². The Morgan fingerprint density at radius 3 is 2.36 bits per heavy atom. The van der Waals surface area contributed by atoms with Crippen LogP contribution in [0, 0.1) is 5.41 Å². The number of amides is 1. The van der Waals surface area contributed by atoms with E-state index in [9.17, 15) is 20.1 Å². The van der Waals surface area contributed by atoms with E-state index in [-0.39, 0.29) is 24.5 Å². The number of aliphatic hydroxyl groups is 4. The van der Waals surface area contributed by atoms with Crippen molar-refractivity contribution in [2.45, 2.75) is 57.9 Å². The molecule has 0 bridgehead atoms. The molecule has 3 unspecified atom stereocenters. The predicted molar refractivity (Wildman–Crippen MR) is 76.8 cm³/mol. The van der Waals surface area contributed by atoms with Crippen molar-refractivity contribution in [3.05, 3.63) is 0 Å². The van der Waals surface area contributed by atoms with Crippen molar-refractivity contribution in [2.24, 2.45) is 5.41 Å². The minimum atomic E-state index is -1.47. The SMILES string of the molecule is CC(C)(C)CC(=O)NCCOC1OC(CO)[C@@H](O)C(O)[C@@H]1O. The van der Waals surface area contributed by atoms with Gasteiger partial charge in [0.05, 0.1) is 13.2 Å². The minimum absolute atomic E-state index is 0.0680. The van der Waals surface area contributed by atoms with Gasteiger partial charge in [0, 0.05) is 13.0 Å². The molecule has 130 valence electrons. The van der Waals surface area contributed by atoms with Gasteiger partial charge in [-0.15, -0.1) is 0 Å². The Bertz CT molecular complexity index is 356. The fourth-order valence-corrected chi connectivity index (χ4v) is 2.11. The maximum absolute atomic E-state index is 11.6. The van der Waals surface area contributed by atoms with E-state index >= 15 is 0 Å². The summed E-state index contributed by atoms with van der Waals surface area (Å²) in [4.78, 5) is 11.6. The molecule has 1 heterocycles. The third kappa shape index (κ3) is 5.79. The number of hydrogen-bond acceptors (Lipinski definition) is 7. The van der Waals surface area contributed by atoms with E-state index in [0.29, 0.717) is 6.42 Å². The molecule has 22 heavy (non-hydrogen) atoms. The molecule has 0 aromatic carbocycles. The Kier molecular flexibility index (Phi) is 7.17. The van der Waals surface area contributed by atoms with Crippen molar-refractivity contribution >= 4 is 5.91 Å². The summed E-state index contributed by atoms with van der Waals surface area (Å²) < 4.78 is 10.4. The van der Waals surface area contributed by atoms with Crippen LogP contribution in [0.3, 0.4) is 0 Å². The van der Waals surface area contributed by atoms with Gasteiger partial charge >= 0.3 is 0 Å². The smallest absolute Gasteiger partial charge is 0.220 e. The Morgan fingerprint density at radius 1 is 1.18 bits per heavy atom. The number of nitrogens with one attached hydrogen (secondary N) is 1. The summed E-state index contributed by atoms with van der Waals surface area (Å²) in [5.74, 6) is -0.107. The molecule has 0 saturated carbocycles. The number of ether oxygens (including phenoxy) is 2. The highest BCUT2D eigenvalue weighted by molar-refractivity contribution is 5.76. The number of rotatable bonds is 6. The van der Waals surface area contributed by atoms with Crippen molar-refractivity contribution in [1.29, 1.82) is 0 Å². The second-order valence-corrected chi connectivity index (χ2v) is 6.66. The van der Waals surface area contributed by atoms with E-state index in [0.717, 1.165) is 0 Å². The lowest BCUT2D eigenvalue weighted by Crippen LogP contribution is -2.59. The van der Waals surface area contributed by atoms with E-state index in [1.54, 1.807) is 0 Å². The first kappa shape index (κ1) is 19.3. The monoisotopic (exact) mass is 321 g/mol. The van der Waals surface area contributed by atoms with Crippen LogP contribution in [-0.2, 0) is 14.3 Å². The molecule has 0 spiro atoms. The van der Waals surface area contributed by atoms with Gasteiger partial charge in [-0.3, -0.25) is 4.79 Å². The molecule has 1 fully saturated rings. The average Bonchev–Trinajstić information content (AvgIpc) is 2.41. The van der Waals surface area contributed by atoms with E-state index in [2.05, 4.69) is 5.32 Å². The van der Waals surface area contributed by atoms with Crippen LogP contribution in [0.2, 0.25) is 0 Å². The summed E-state index contributed by atoms with van der Waals surface area (Å²) in [6.45, 7) is 5.65. The summed E-state index contributed by atoms with van der Waals surface area (Å²) in [5.41, 5.74) is -0.109. The van der Waals surface area contributed by atoms with Crippen LogP contribution in [-0.4, -0.2) is 76.8 Å². The predicted octanol–water partition coefficient (Wildman–Crippen LogP) is -1.64. The van der Waals surface area contributed by atoms with Crippen LogP contribution in [0.1, 0.15) is 27.2 Å². The Balaban J connectivity index is 2.33. The highest BCUT2D eigenvalue weighted by atomic mass is 16.7. The molecule has 0 radical (unpaired) electrons. The summed E-state index contributed by atoms with van der Waals surface area (Å²) >= 11 is 0. The molecule has 8 nitrogen and oxygen atoms in total. The molecule has 1 aliphatic heterocycles. The Morgan fingerprint density at radius 2 is 1.82 bits per heavy atom.